The van der Waals surface area contributed by atoms with Gasteiger partial charge in [-0.1, -0.05) is 13.8 Å². The summed E-state index contributed by atoms with van der Waals surface area (Å²) in [5.74, 6) is 3.81. The Hall–Kier alpha value is -0.330. The molecule has 0 aromatic rings. The third-order valence-corrected chi connectivity index (χ3v) is 3.09. The molecule has 2 aliphatic rings. The summed E-state index contributed by atoms with van der Waals surface area (Å²) in [4.78, 5) is 10.9. The first kappa shape index (κ1) is 6.38. The average Bonchev–Trinajstić information content (AvgIpc) is 2.32. The van der Waals surface area contributed by atoms with E-state index in [1.54, 1.807) is 0 Å². The van der Waals surface area contributed by atoms with Crippen LogP contribution in [0.4, 0.5) is 0 Å². The molecule has 0 saturated heterocycles. The van der Waals surface area contributed by atoms with Gasteiger partial charge in [-0.3, -0.25) is 4.79 Å². The van der Waals surface area contributed by atoms with Crippen molar-refractivity contribution in [1.29, 1.82) is 0 Å². The zero-order valence-corrected chi connectivity index (χ0v) is 6.63. The third-order valence-electron chi connectivity index (χ3n) is 3.09. The maximum atomic E-state index is 10.9. The molecule has 1 nitrogen and oxygen atoms in total. The van der Waals surface area contributed by atoms with E-state index < -0.39 is 0 Å². The second kappa shape index (κ2) is 1.84. The number of Topliss-reactive ketones (excluding diaryl/α,β-unsaturated/α-hetero) is 1. The summed E-state index contributed by atoms with van der Waals surface area (Å²) in [6.07, 6.45) is 1.79. The summed E-state index contributed by atoms with van der Waals surface area (Å²) < 4.78 is 0. The largest absolute Gasteiger partial charge is 0.300 e. The van der Waals surface area contributed by atoms with E-state index in [-0.39, 0.29) is 0 Å². The Bertz CT molecular complexity index is 158. The van der Waals surface area contributed by atoms with E-state index in [1.807, 2.05) is 0 Å². The molecule has 2 rings (SSSR count). The number of ketones is 1. The van der Waals surface area contributed by atoms with Gasteiger partial charge in [0.05, 0.1) is 0 Å². The Kier molecular flexibility index (Phi) is 1.17. The van der Waals surface area contributed by atoms with Crippen LogP contribution in [0.5, 0.6) is 0 Å². The molecule has 0 spiro atoms. The lowest BCUT2D eigenvalue weighted by Gasteiger charge is -2.04. The number of hydrogen-bond acceptors (Lipinski definition) is 1. The van der Waals surface area contributed by atoms with Gasteiger partial charge in [0.25, 0.3) is 0 Å². The molecule has 10 heavy (non-hydrogen) atoms. The van der Waals surface area contributed by atoms with Gasteiger partial charge >= 0.3 is 0 Å². The molecule has 2 fully saturated rings. The Morgan fingerprint density at radius 1 is 1.30 bits per heavy atom. The topological polar surface area (TPSA) is 17.1 Å². The monoisotopic (exact) mass is 138 g/mol. The van der Waals surface area contributed by atoms with E-state index in [9.17, 15) is 4.79 Å². The average molecular weight is 138 g/mol. The fourth-order valence-corrected chi connectivity index (χ4v) is 2.65. The van der Waals surface area contributed by atoms with Crippen molar-refractivity contribution in [2.24, 2.45) is 23.7 Å². The molecule has 0 aromatic heterocycles. The molecule has 2 aliphatic carbocycles. The first-order valence-electron chi connectivity index (χ1n) is 4.22. The molecule has 0 bridgehead atoms. The Labute approximate surface area is 61.8 Å². The summed E-state index contributed by atoms with van der Waals surface area (Å²) in [5, 5.41) is 0. The first-order valence-corrected chi connectivity index (χ1v) is 4.22. The SMILES string of the molecule is CC(C)C1[C@H]2CC(=O)C[C@@H]12. The van der Waals surface area contributed by atoms with Gasteiger partial charge in [0.15, 0.2) is 0 Å². The van der Waals surface area contributed by atoms with Crippen molar-refractivity contribution in [3.05, 3.63) is 0 Å². The van der Waals surface area contributed by atoms with Gasteiger partial charge in [-0.15, -0.1) is 0 Å². The molecule has 0 N–H and O–H groups in total. The van der Waals surface area contributed by atoms with Crippen LogP contribution in [0.2, 0.25) is 0 Å². The fraction of sp³-hybridized carbons (Fsp3) is 0.889. The number of carbonyl (C=O) groups excluding carboxylic acids is 1. The summed E-state index contributed by atoms with van der Waals surface area (Å²) in [7, 11) is 0. The highest BCUT2D eigenvalue weighted by Gasteiger charge is 2.56. The van der Waals surface area contributed by atoms with Crippen LogP contribution in [-0.2, 0) is 4.79 Å². The molecule has 56 valence electrons. The molecule has 1 heteroatoms. The fourth-order valence-electron chi connectivity index (χ4n) is 2.65. The van der Waals surface area contributed by atoms with Crippen molar-refractivity contribution in [2.45, 2.75) is 26.7 Å². The highest BCUT2D eigenvalue weighted by molar-refractivity contribution is 5.82. The van der Waals surface area contributed by atoms with E-state index >= 15 is 0 Å². The van der Waals surface area contributed by atoms with Crippen molar-refractivity contribution in [3.8, 4) is 0 Å². The molecule has 0 aromatic carbocycles. The lowest BCUT2D eigenvalue weighted by molar-refractivity contribution is -0.118. The van der Waals surface area contributed by atoms with Gasteiger partial charge in [-0.2, -0.15) is 0 Å². The van der Waals surface area contributed by atoms with E-state index in [1.165, 1.54) is 0 Å². The van der Waals surface area contributed by atoms with Crippen molar-refractivity contribution in [3.63, 3.8) is 0 Å². The number of fused-ring (bicyclic) bond motifs is 1. The molecular formula is C9H14O. The minimum Gasteiger partial charge on any atom is -0.300 e. The lowest BCUT2D eigenvalue weighted by atomic mass is 10.0. The van der Waals surface area contributed by atoms with E-state index in [2.05, 4.69) is 13.8 Å². The molecule has 3 atom stereocenters. The van der Waals surface area contributed by atoms with Gasteiger partial charge in [0.2, 0.25) is 0 Å². The van der Waals surface area contributed by atoms with Crippen LogP contribution < -0.4 is 0 Å². The Balaban J connectivity index is 1.97. The summed E-state index contributed by atoms with van der Waals surface area (Å²) >= 11 is 0. The minimum atomic E-state index is 0.506. The van der Waals surface area contributed by atoms with Crippen LogP contribution in [0, 0.1) is 23.7 Å². The third kappa shape index (κ3) is 0.727. The number of hydrogen-bond donors (Lipinski definition) is 0. The maximum absolute atomic E-state index is 10.9. The summed E-state index contributed by atoms with van der Waals surface area (Å²) in [5.41, 5.74) is 0. The molecule has 0 amide bonds. The lowest BCUT2D eigenvalue weighted by Crippen LogP contribution is -2.02. The first-order chi connectivity index (χ1) is 4.70. The maximum Gasteiger partial charge on any atom is 0.133 e. The standard InChI is InChI=1S/C9H14O/c1-5(2)9-7-3-6(10)4-8(7)9/h5,7-9H,3-4H2,1-2H3/t7-,8+,9?. The predicted octanol–water partition coefficient (Wildman–Crippen LogP) is 1.87. The predicted molar refractivity (Wildman–Crippen MR) is 39.5 cm³/mol. The van der Waals surface area contributed by atoms with Gasteiger partial charge in [-0.05, 0) is 23.7 Å². The van der Waals surface area contributed by atoms with E-state index in [4.69, 9.17) is 0 Å². The highest BCUT2D eigenvalue weighted by atomic mass is 16.1. The van der Waals surface area contributed by atoms with Crippen molar-refractivity contribution in [1.82, 2.24) is 0 Å². The summed E-state index contributed by atoms with van der Waals surface area (Å²) in [6.45, 7) is 4.54. The van der Waals surface area contributed by atoms with E-state index in [0.29, 0.717) is 5.78 Å². The smallest absolute Gasteiger partial charge is 0.133 e. The van der Waals surface area contributed by atoms with Crippen molar-refractivity contribution >= 4 is 5.78 Å². The van der Waals surface area contributed by atoms with Gasteiger partial charge < -0.3 is 0 Å². The van der Waals surface area contributed by atoms with Crippen LogP contribution in [0.3, 0.4) is 0 Å². The molecule has 0 heterocycles. The molecule has 1 unspecified atom stereocenters. The zero-order valence-electron chi connectivity index (χ0n) is 6.63. The van der Waals surface area contributed by atoms with Crippen LogP contribution in [0.15, 0.2) is 0 Å². The second-order valence-corrected chi connectivity index (χ2v) is 4.10. The van der Waals surface area contributed by atoms with E-state index in [0.717, 1.165) is 36.5 Å². The molecule has 0 aliphatic heterocycles. The van der Waals surface area contributed by atoms with Crippen molar-refractivity contribution < 1.29 is 4.79 Å². The second-order valence-electron chi connectivity index (χ2n) is 4.10. The zero-order chi connectivity index (χ0) is 7.30. The molecular weight excluding hydrogens is 124 g/mol. The van der Waals surface area contributed by atoms with Crippen LogP contribution in [0.25, 0.3) is 0 Å². The quantitative estimate of drug-likeness (QED) is 0.540. The Morgan fingerprint density at radius 3 is 2.20 bits per heavy atom. The van der Waals surface area contributed by atoms with Crippen LogP contribution >= 0.6 is 0 Å². The van der Waals surface area contributed by atoms with Gasteiger partial charge in [0.1, 0.15) is 5.78 Å². The minimum absolute atomic E-state index is 0.506. The normalized spacial score (nSPS) is 44.3. The molecule has 2 saturated carbocycles. The number of carbonyl (C=O) groups is 1. The van der Waals surface area contributed by atoms with Gasteiger partial charge in [0, 0.05) is 12.8 Å². The Morgan fingerprint density at radius 2 is 1.80 bits per heavy atom. The van der Waals surface area contributed by atoms with Gasteiger partial charge in [-0.25, -0.2) is 0 Å². The molecule has 0 radical (unpaired) electrons. The highest BCUT2D eigenvalue weighted by Crippen LogP contribution is 2.59. The number of rotatable bonds is 1. The van der Waals surface area contributed by atoms with Crippen LogP contribution in [0.1, 0.15) is 26.7 Å². The van der Waals surface area contributed by atoms with Crippen LogP contribution in [-0.4, -0.2) is 5.78 Å². The van der Waals surface area contributed by atoms with Crippen molar-refractivity contribution in [2.75, 3.05) is 0 Å². The summed E-state index contributed by atoms with van der Waals surface area (Å²) in [6, 6.07) is 0.